The van der Waals surface area contributed by atoms with Crippen molar-refractivity contribution in [1.29, 1.82) is 0 Å². The molecule has 1 fully saturated rings. The quantitative estimate of drug-likeness (QED) is 0.881. The van der Waals surface area contributed by atoms with Crippen LogP contribution in [-0.4, -0.2) is 32.4 Å². The van der Waals surface area contributed by atoms with Crippen LogP contribution in [0.2, 0.25) is 0 Å². The number of hydrogen-bond donors (Lipinski definition) is 1. The zero-order valence-electron chi connectivity index (χ0n) is 13.9. The SMILES string of the molecule is Cc1ccc(S(=O)(=O)N2C[C@@H](CN)[C@H](c3ccccc3)C2)c(F)c1.Cl. The molecule has 25 heavy (non-hydrogen) atoms. The lowest BCUT2D eigenvalue weighted by atomic mass is 9.89. The molecule has 3 rings (SSSR count). The predicted octanol–water partition coefficient (Wildman–Crippen LogP) is 2.92. The molecule has 0 radical (unpaired) electrons. The van der Waals surface area contributed by atoms with E-state index >= 15 is 0 Å². The zero-order chi connectivity index (χ0) is 17.3. The van der Waals surface area contributed by atoms with Crippen LogP contribution in [0, 0.1) is 18.7 Å². The number of rotatable bonds is 4. The van der Waals surface area contributed by atoms with Crippen molar-refractivity contribution in [2.24, 2.45) is 11.7 Å². The summed E-state index contributed by atoms with van der Waals surface area (Å²) in [6.45, 7) is 2.75. The Hall–Kier alpha value is -1.47. The van der Waals surface area contributed by atoms with Crippen molar-refractivity contribution in [2.45, 2.75) is 17.7 Å². The monoisotopic (exact) mass is 384 g/mol. The molecule has 1 saturated heterocycles. The lowest BCUT2D eigenvalue weighted by molar-refractivity contribution is 0.453. The van der Waals surface area contributed by atoms with E-state index in [2.05, 4.69) is 0 Å². The van der Waals surface area contributed by atoms with Crippen molar-refractivity contribution >= 4 is 22.4 Å². The molecule has 1 aliphatic heterocycles. The normalized spacial score (nSPS) is 21.1. The van der Waals surface area contributed by atoms with Crippen molar-refractivity contribution < 1.29 is 12.8 Å². The number of sulfonamides is 1. The summed E-state index contributed by atoms with van der Waals surface area (Å²) in [7, 11) is -3.87. The highest BCUT2D eigenvalue weighted by Gasteiger charge is 2.40. The molecule has 0 saturated carbocycles. The minimum Gasteiger partial charge on any atom is -0.330 e. The van der Waals surface area contributed by atoms with Gasteiger partial charge < -0.3 is 5.73 Å². The molecule has 0 unspecified atom stereocenters. The maximum Gasteiger partial charge on any atom is 0.246 e. The molecule has 2 aromatic rings. The van der Waals surface area contributed by atoms with Gasteiger partial charge in [0, 0.05) is 19.0 Å². The molecule has 2 aromatic carbocycles. The van der Waals surface area contributed by atoms with Crippen LogP contribution in [0.3, 0.4) is 0 Å². The Morgan fingerprint density at radius 2 is 1.84 bits per heavy atom. The Morgan fingerprint density at radius 1 is 1.16 bits per heavy atom. The highest BCUT2D eigenvalue weighted by atomic mass is 35.5. The molecular weight excluding hydrogens is 363 g/mol. The molecule has 1 heterocycles. The molecule has 2 N–H and O–H groups in total. The van der Waals surface area contributed by atoms with Gasteiger partial charge in [-0.05, 0) is 42.6 Å². The van der Waals surface area contributed by atoms with E-state index < -0.39 is 15.8 Å². The van der Waals surface area contributed by atoms with Gasteiger partial charge in [0.25, 0.3) is 0 Å². The molecule has 4 nitrogen and oxygen atoms in total. The zero-order valence-corrected chi connectivity index (χ0v) is 15.6. The lowest BCUT2D eigenvalue weighted by Crippen LogP contribution is -2.30. The molecule has 2 atom stereocenters. The second kappa shape index (κ2) is 7.83. The van der Waals surface area contributed by atoms with Gasteiger partial charge in [-0.15, -0.1) is 12.4 Å². The number of nitrogens with zero attached hydrogens (tertiary/aromatic N) is 1. The number of benzene rings is 2. The first-order valence-electron chi connectivity index (χ1n) is 7.95. The van der Waals surface area contributed by atoms with Crippen molar-refractivity contribution in [3.8, 4) is 0 Å². The molecule has 0 bridgehead atoms. The Bertz CT molecular complexity index is 830. The van der Waals surface area contributed by atoms with Gasteiger partial charge in [0.15, 0.2) is 0 Å². The highest BCUT2D eigenvalue weighted by molar-refractivity contribution is 7.89. The van der Waals surface area contributed by atoms with Crippen LogP contribution >= 0.6 is 12.4 Å². The molecule has 1 aliphatic rings. The van der Waals surface area contributed by atoms with E-state index in [-0.39, 0.29) is 29.1 Å². The Morgan fingerprint density at radius 3 is 2.44 bits per heavy atom. The third-order valence-electron chi connectivity index (χ3n) is 4.64. The van der Waals surface area contributed by atoms with Crippen molar-refractivity contribution in [3.05, 3.63) is 65.5 Å². The number of halogens is 2. The first-order chi connectivity index (χ1) is 11.4. The molecule has 0 amide bonds. The summed E-state index contributed by atoms with van der Waals surface area (Å²) in [6, 6.07) is 13.9. The standard InChI is InChI=1S/C18H21FN2O2S.ClH/c1-13-7-8-18(17(19)9-13)24(22,23)21-11-15(10-20)16(12-21)14-5-3-2-4-6-14;/h2-9,15-16H,10-12,20H2,1H3;1H/t15-,16+;/m1./s1. The fourth-order valence-corrected chi connectivity index (χ4v) is 4.87. The summed E-state index contributed by atoms with van der Waals surface area (Å²) in [5.74, 6) is -0.655. The van der Waals surface area contributed by atoms with E-state index in [9.17, 15) is 12.8 Å². The van der Waals surface area contributed by atoms with Crippen molar-refractivity contribution in [3.63, 3.8) is 0 Å². The smallest absolute Gasteiger partial charge is 0.246 e. The van der Waals surface area contributed by atoms with E-state index in [1.54, 1.807) is 13.0 Å². The largest absolute Gasteiger partial charge is 0.330 e. The summed E-state index contributed by atoms with van der Waals surface area (Å²) in [5, 5.41) is 0. The summed E-state index contributed by atoms with van der Waals surface area (Å²) >= 11 is 0. The first kappa shape index (κ1) is 19.8. The molecule has 7 heteroatoms. The maximum absolute atomic E-state index is 14.2. The average Bonchev–Trinajstić information content (AvgIpc) is 3.00. The van der Waals surface area contributed by atoms with Gasteiger partial charge in [-0.2, -0.15) is 4.31 Å². The third kappa shape index (κ3) is 3.87. The highest BCUT2D eigenvalue weighted by Crippen LogP contribution is 2.35. The third-order valence-corrected chi connectivity index (χ3v) is 6.51. The second-order valence-electron chi connectivity index (χ2n) is 6.27. The Balaban J connectivity index is 0.00000225. The van der Waals surface area contributed by atoms with E-state index in [0.29, 0.717) is 25.2 Å². The first-order valence-corrected chi connectivity index (χ1v) is 9.39. The van der Waals surface area contributed by atoms with Crippen molar-refractivity contribution in [2.75, 3.05) is 19.6 Å². The molecule has 136 valence electrons. The summed E-state index contributed by atoms with van der Waals surface area (Å²) in [5.41, 5.74) is 7.61. The topological polar surface area (TPSA) is 63.4 Å². The minimum atomic E-state index is -3.87. The van der Waals surface area contributed by atoms with E-state index in [1.807, 2.05) is 30.3 Å². The summed E-state index contributed by atoms with van der Waals surface area (Å²) in [6.07, 6.45) is 0. The van der Waals surface area contributed by atoms with Crippen LogP contribution in [0.4, 0.5) is 4.39 Å². The van der Waals surface area contributed by atoms with Crippen LogP contribution in [0.25, 0.3) is 0 Å². The molecular formula is C18H22ClFN2O2S. The lowest BCUT2D eigenvalue weighted by Gasteiger charge is -2.17. The van der Waals surface area contributed by atoms with Crippen LogP contribution < -0.4 is 5.73 Å². The second-order valence-corrected chi connectivity index (χ2v) is 8.18. The van der Waals surface area contributed by atoms with Crippen LogP contribution in [0.15, 0.2) is 53.4 Å². The fraction of sp³-hybridized carbons (Fsp3) is 0.333. The average molecular weight is 385 g/mol. The van der Waals surface area contributed by atoms with Gasteiger partial charge in [-0.25, -0.2) is 12.8 Å². The molecule has 0 aromatic heterocycles. The molecule has 0 aliphatic carbocycles. The van der Waals surface area contributed by atoms with E-state index in [4.69, 9.17) is 5.73 Å². The van der Waals surface area contributed by atoms with Crippen LogP contribution in [-0.2, 0) is 10.0 Å². The molecule has 0 spiro atoms. The van der Waals surface area contributed by atoms with E-state index in [1.165, 1.54) is 16.4 Å². The van der Waals surface area contributed by atoms with Gasteiger partial charge in [0.2, 0.25) is 10.0 Å². The van der Waals surface area contributed by atoms with E-state index in [0.717, 1.165) is 5.56 Å². The van der Waals surface area contributed by atoms with Crippen LogP contribution in [0.5, 0.6) is 0 Å². The van der Waals surface area contributed by atoms with Crippen LogP contribution in [0.1, 0.15) is 17.0 Å². The predicted molar refractivity (Wildman–Crippen MR) is 98.9 cm³/mol. The van der Waals surface area contributed by atoms with Gasteiger partial charge >= 0.3 is 0 Å². The minimum absolute atomic E-state index is 0. The Labute approximate surface area is 154 Å². The summed E-state index contributed by atoms with van der Waals surface area (Å²) < 4.78 is 41.2. The Kier molecular flexibility index (Phi) is 6.21. The van der Waals surface area contributed by atoms with Crippen molar-refractivity contribution in [1.82, 2.24) is 4.31 Å². The fourth-order valence-electron chi connectivity index (χ4n) is 3.30. The number of nitrogens with two attached hydrogens (primary N) is 1. The number of aryl methyl sites for hydroxylation is 1. The van der Waals surface area contributed by atoms with Gasteiger partial charge in [-0.1, -0.05) is 36.4 Å². The van der Waals surface area contributed by atoms with Gasteiger partial charge in [0.1, 0.15) is 10.7 Å². The maximum atomic E-state index is 14.2. The van der Waals surface area contributed by atoms with Gasteiger partial charge in [-0.3, -0.25) is 0 Å². The van der Waals surface area contributed by atoms with Gasteiger partial charge in [0.05, 0.1) is 0 Å². The summed E-state index contributed by atoms with van der Waals surface area (Å²) in [4.78, 5) is -0.266. The number of hydrogen-bond acceptors (Lipinski definition) is 3.